The first-order valence-corrected chi connectivity index (χ1v) is 12.7. The lowest BCUT2D eigenvalue weighted by Gasteiger charge is -2.41. The second-order valence-electron chi connectivity index (χ2n) is 10.1. The summed E-state index contributed by atoms with van der Waals surface area (Å²) in [6, 6.07) is -1.50. The maximum Gasteiger partial charge on any atom is 0.312 e. The number of nitrogens with zero attached hydrogens (tertiary/aromatic N) is 2. The molecule has 4 heterocycles. The second kappa shape index (κ2) is 9.82. The van der Waals surface area contributed by atoms with Gasteiger partial charge in [-0.15, -0.1) is 0 Å². The molecule has 0 aliphatic carbocycles. The highest BCUT2D eigenvalue weighted by molar-refractivity contribution is 5.99. The van der Waals surface area contributed by atoms with Gasteiger partial charge in [0.1, 0.15) is 17.6 Å². The number of aliphatic hydroxyl groups is 1. The van der Waals surface area contributed by atoms with Crippen LogP contribution in [0.5, 0.6) is 0 Å². The van der Waals surface area contributed by atoms with Crippen LogP contribution < -0.4 is 0 Å². The molecule has 0 radical (unpaired) electrons. The predicted molar refractivity (Wildman–Crippen MR) is 125 cm³/mol. The molecule has 1 spiro atoms. The molecule has 0 saturated carbocycles. The number of hydrogen-bond donors (Lipinski definition) is 1. The van der Waals surface area contributed by atoms with Crippen LogP contribution in [0.4, 0.5) is 0 Å². The minimum absolute atomic E-state index is 0.00980. The number of esters is 1. The van der Waals surface area contributed by atoms with Gasteiger partial charge in [0.25, 0.3) is 0 Å². The number of ether oxygens (including phenoxy) is 2. The van der Waals surface area contributed by atoms with Crippen LogP contribution >= 0.6 is 0 Å². The molecular formula is C26H38N2O6. The summed E-state index contributed by atoms with van der Waals surface area (Å²) in [5.41, 5.74) is -1.28. The minimum atomic E-state index is -1.28. The van der Waals surface area contributed by atoms with E-state index in [1.54, 1.807) is 4.90 Å². The van der Waals surface area contributed by atoms with Crippen molar-refractivity contribution in [2.45, 2.75) is 83.2 Å². The molecule has 0 aromatic rings. The van der Waals surface area contributed by atoms with Crippen molar-refractivity contribution >= 4 is 17.8 Å². The highest BCUT2D eigenvalue weighted by atomic mass is 16.6. The molecule has 188 valence electrons. The summed E-state index contributed by atoms with van der Waals surface area (Å²) in [5.74, 6) is -2.70. The van der Waals surface area contributed by atoms with Crippen LogP contribution in [0.3, 0.4) is 0 Å². The zero-order chi connectivity index (χ0) is 24.6. The highest BCUT2D eigenvalue weighted by Gasteiger charge is 2.72. The van der Waals surface area contributed by atoms with Gasteiger partial charge in [0.15, 0.2) is 0 Å². The third-order valence-electron chi connectivity index (χ3n) is 8.17. The molecule has 4 rings (SSSR count). The lowest BCUT2D eigenvalue weighted by atomic mass is 9.77. The van der Waals surface area contributed by atoms with E-state index in [2.05, 4.69) is 6.92 Å². The summed E-state index contributed by atoms with van der Waals surface area (Å²) < 4.78 is 12.0. The molecule has 0 aromatic carbocycles. The smallest absolute Gasteiger partial charge is 0.312 e. The van der Waals surface area contributed by atoms with Crippen molar-refractivity contribution in [3.63, 3.8) is 0 Å². The van der Waals surface area contributed by atoms with E-state index in [-0.39, 0.29) is 37.0 Å². The molecule has 2 unspecified atom stereocenters. The number of rotatable bonds is 7. The van der Waals surface area contributed by atoms with Gasteiger partial charge in [-0.05, 0) is 25.7 Å². The normalized spacial score (nSPS) is 35.6. The third-order valence-corrected chi connectivity index (χ3v) is 8.17. The van der Waals surface area contributed by atoms with Gasteiger partial charge in [0.2, 0.25) is 11.8 Å². The van der Waals surface area contributed by atoms with Crippen molar-refractivity contribution in [3.05, 3.63) is 24.3 Å². The number of hydrogen-bond acceptors (Lipinski definition) is 6. The molecule has 8 nitrogen and oxygen atoms in total. The molecule has 2 fully saturated rings. The quantitative estimate of drug-likeness (QED) is 0.448. The van der Waals surface area contributed by atoms with E-state index in [1.165, 1.54) is 0 Å². The molecule has 8 heteroatoms. The van der Waals surface area contributed by atoms with Gasteiger partial charge in [-0.3, -0.25) is 14.4 Å². The molecule has 2 amide bonds. The van der Waals surface area contributed by atoms with Crippen molar-refractivity contribution in [1.29, 1.82) is 0 Å². The van der Waals surface area contributed by atoms with Crippen molar-refractivity contribution in [3.8, 4) is 0 Å². The first-order valence-electron chi connectivity index (χ1n) is 12.7. The summed E-state index contributed by atoms with van der Waals surface area (Å²) in [7, 11) is 0. The molecule has 34 heavy (non-hydrogen) atoms. The number of fused-ring (bicyclic) bond motifs is 2. The number of aliphatic hydroxyl groups excluding tert-OH is 1. The average molecular weight is 475 g/mol. The molecule has 1 N–H and O–H groups in total. The van der Waals surface area contributed by atoms with Gasteiger partial charge < -0.3 is 24.4 Å². The lowest BCUT2D eigenvalue weighted by molar-refractivity contribution is -0.157. The van der Waals surface area contributed by atoms with E-state index in [0.29, 0.717) is 13.0 Å². The summed E-state index contributed by atoms with van der Waals surface area (Å²) >= 11 is 0. The van der Waals surface area contributed by atoms with E-state index in [9.17, 15) is 19.5 Å². The van der Waals surface area contributed by atoms with Gasteiger partial charge in [0.05, 0.1) is 31.3 Å². The summed E-state index contributed by atoms with van der Waals surface area (Å²) in [6.07, 6.45) is 9.94. The Morgan fingerprint density at radius 2 is 1.94 bits per heavy atom. The Kier molecular flexibility index (Phi) is 7.20. The SMILES string of the molecule is CCCC(C)N1CC=C[C@]23O[C@H]4C=CCCOC(=O)[C@H]4[C@H]2C(=O)N([C@@H](CO)[C@@H](C)CC)C3C1=O. The van der Waals surface area contributed by atoms with Crippen LogP contribution in [-0.2, 0) is 23.9 Å². The summed E-state index contributed by atoms with van der Waals surface area (Å²) in [4.78, 5) is 44.8. The van der Waals surface area contributed by atoms with Crippen LogP contribution in [0, 0.1) is 17.8 Å². The van der Waals surface area contributed by atoms with Crippen LogP contribution in [-0.4, -0.2) is 82.3 Å². The van der Waals surface area contributed by atoms with Gasteiger partial charge in [-0.2, -0.15) is 0 Å². The van der Waals surface area contributed by atoms with Crippen LogP contribution in [0.1, 0.15) is 53.4 Å². The summed E-state index contributed by atoms with van der Waals surface area (Å²) in [6.45, 7) is 8.48. The monoisotopic (exact) mass is 474 g/mol. The minimum Gasteiger partial charge on any atom is -0.465 e. The molecular weight excluding hydrogens is 436 g/mol. The number of carbonyl (C=O) groups is 3. The zero-order valence-electron chi connectivity index (χ0n) is 20.7. The van der Waals surface area contributed by atoms with Crippen LogP contribution in [0.15, 0.2) is 24.3 Å². The Balaban J connectivity index is 1.86. The van der Waals surface area contributed by atoms with Crippen molar-refractivity contribution in [2.75, 3.05) is 19.8 Å². The number of carbonyl (C=O) groups excluding carboxylic acids is 3. The van der Waals surface area contributed by atoms with Crippen LogP contribution in [0.25, 0.3) is 0 Å². The Hall–Kier alpha value is -2.19. The zero-order valence-corrected chi connectivity index (χ0v) is 20.7. The van der Waals surface area contributed by atoms with E-state index in [0.717, 1.165) is 19.3 Å². The van der Waals surface area contributed by atoms with E-state index in [4.69, 9.17) is 9.47 Å². The van der Waals surface area contributed by atoms with E-state index >= 15 is 0 Å². The second-order valence-corrected chi connectivity index (χ2v) is 10.1. The van der Waals surface area contributed by atoms with Gasteiger partial charge >= 0.3 is 5.97 Å². The Bertz CT molecular complexity index is 871. The number of cyclic esters (lactones) is 1. The largest absolute Gasteiger partial charge is 0.465 e. The van der Waals surface area contributed by atoms with Crippen molar-refractivity contribution in [1.82, 2.24) is 9.80 Å². The number of amides is 2. The maximum atomic E-state index is 14.2. The fraction of sp³-hybridized carbons (Fsp3) is 0.731. The third kappa shape index (κ3) is 3.79. The first kappa shape index (κ1) is 24.9. The maximum absolute atomic E-state index is 14.2. The van der Waals surface area contributed by atoms with E-state index in [1.807, 2.05) is 50.0 Å². The molecule has 2 saturated heterocycles. The molecule has 0 aromatic heterocycles. The molecule has 0 bridgehead atoms. The predicted octanol–water partition coefficient (Wildman–Crippen LogP) is 2.06. The Labute approximate surface area is 201 Å². The highest BCUT2D eigenvalue weighted by Crippen LogP contribution is 2.54. The van der Waals surface area contributed by atoms with Crippen LogP contribution in [0.2, 0.25) is 0 Å². The van der Waals surface area contributed by atoms with Crippen molar-refractivity contribution in [2.24, 2.45) is 17.8 Å². The van der Waals surface area contributed by atoms with Crippen molar-refractivity contribution < 1.29 is 29.0 Å². The van der Waals surface area contributed by atoms with Gasteiger partial charge in [0, 0.05) is 12.6 Å². The fourth-order valence-electron chi connectivity index (χ4n) is 6.21. The Morgan fingerprint density at radius 3 is 2.62 bits per heavy atom. The molecule has 4 aliphatic heterocycles. The standard InChI is InChI=1S/C26H38N2O6/c1-5-10-17(4)27-13-9-12-26-21(20-19(34-26)11-7-8-14-33-25(20)32)23(30)28(22(26)24(27)31)18(15-29)16(3)6-2/h7,9,11-12,16-22,29H,5-6,8,10,13-15H2,1-4H3/t16-,17?,18-,19-,20+,21-,22?,26-/m0/s1. The van der Waals surface area contributed by atoms with Gasteiger partial charge in [-0.25, -0.2) is 0 Å². The molecule has 8 atom stereocenters. The Morgan fingerprint density at radius 1 is 1.18 bits per heavy atom. The fourth-order valence-corrected chi connectivity index (χ4v) is 6.21. The average Bonchev–Trinajstić information content (AvgIpc) is 3.18. The lowest BCUT2D eigenvalue weighted by Crippen LogP contribution is -2.60. The first-order chi connectivity index (χ1) is 16.3. The molecule has 4 aliphatic rings. The van der Waals surface area contributed by atoms with E-state index < -0.39 is 41.6 Å². The van der Waals surface area contributed by atoms with Gasteiger partial charge in [-0.1, -0.05) is 57.9 Å². The topological polar surface area (TPSA) is 96.4 Å². The number of likely N-dealkylation sites (tertiary alicyclic amines) is 1. The summed E-state index contributed by atoms with van der Waals surface area (Å²) in [5, 5.41) is 10.4.